The minimum absolute atomic E-state index is 0.0551. The second-order valence-corrected chi connectivity index (χ2v) is 11.3. The summed E-state index contributed by atoms with van der Waals surface area (Å²) in [5.41, 5.74) is 1.51. The molecule has 0 radical (unpaired) electrons. The first kappa shape index (κ1) is 25.1. The number of anilines is 2. The number of rotatable bonds is 5. The zero-order chi connectivity index (χ0) is 27.3. The third kappa shape index (κ3) is 4.43. The molecule has 0 bridgehead atoms. The molecule has 39 heavy (non-hydrogen) atoms. The first-order chi connectivity index (χ1) is 18.8. The molecule has 4 aromatic rings. The number of nitrogens with one attached hydrogen (secondary N) is 1. The molecule has 1 aromatic heterocycles. The van der Waals surface area contributed by atoms with Gasteiger partial charge in [0.25, 0.3) is 0 Å². The van der Waals surface area contributed by atoms with Crippen LogP contribution in [0.3, 0.4) is 0 Å². The maximum Gasteiger partial charge on any atom is 0.308 e. The van der Waals surface area contributed by atoms with E-state index in [1.807, 2.05) is 30.3 Å². The molecule has 2 N–H and O–H groups in total. The molecule has 1 saturated heterocycles. The second-order valence-electron chi connectivity index (χ2n) is 9.16. The first-order valence-corrected chi connectivity index (χ1v) is 13.7. The van der Waals surface area contributed by atoms with Gasteiger partial charge in [0, 0.05) is 16.5 Å². The number of benzene rings is 3. The monoisotopic (exact) mass is 561 g/mol. The summed E-state index contributed by atoms with van der Waals surface area (Å²) in [6.45, 7) is -0.290. The summed E-state index contributed by atoms with van der Waals surface area (Å²) in [7, 11) is 0. The highest BCUT2D eigenvalue weighted by Crippen LogP contribution is 2.53. The molecule has 3 atom stereocenters. The Bertz CT molecular complexity index is 1650. The van der Waals surface area contributed by atoms with Crippen LogP contribution in [0.1, 0.15) is 16.4 Å². The number of hydrogen-bond donors (Lipinski definition) is 2. The van der Waals surface area contributed by atoms with Crippen molar-refractivity contribution in [2.75, 3.05) is 10.2 Å². The van der Waals surface area contributed by atoms with Crippen LogP contribution in [0, 0.1) is 11.7 Å². The van der Waals surface area contributed by atoms with Crippen LogP contribution in [-0.4, -0.2) is 32.6 Å². The van der Waals surface area contributed by atoms with Crippen LogP contribution in [-0.2, 0) is 20.9 Å². The van der Waals surface area contributed by atoms with E-state index in [0.29, 0.717) is 15.6 Å². The number of aromatic hydroxyl groups is 1. The third-order valence-corrected chi connectivity index (χ3v) is 9.35. The average molecular weight is 562 g/mol. The molecule has 3 aromatic carbocycles. The number of nitrogens with zero attached hydrogens (tertiary/aromatic N) is 2. The topological polar surface area (TPSA) is 109 Å². The number of thiazole rings is 1. The highest BCUT2D eigenvalue weighted by molar-refractivity contribution is 8.00. The lowest BCUT2D eigenvalue weighted by Crippen LogP contribution is -2.33. The van der Waals surface area contributed by atoms with Gasteiger partial charge in [-0.25, -0.2) is 9.29 Å². The molecule has 0 saturated carbocycles. The van der Waals surface area contributed by atoms with Crippen LogP contribution in [0.25, 0.3) is 0 Å². The number of fused-ring (bicyclic) bond motifs is 2. The molecule has 8 nitrogen and oxygen atoms in total. The number of phenols is 1. The summed E-state index contributed by atoms with van der Waals surface area (Å²) >= 11 is 2.07. The standard InChI is InChI=1S/C28H20FN3O5S2/c29-16-6-10-18(11-7-16)32-25(35)22-21(15-4-2-1-3-5-15)24-27(38-23(22)26(32)36)31(28(37)39-24)14-20(34)30-17-8-12-19(33)13-9-17/h1-13,21-23,33H,14H2,(H,30,34). The fraction of sp³-hybridized carbons (Fsp3) is 0.143. The fourth-order valence-corrected chi connectivity index (χ4v) is 7.78. The van der Waals surface area contributed by atoms with E-state index in [0.717, 1.165) is 33.6 Å². The van der Waals surface area contributed by atoms with Crippen LogP contribution >= 0.6 is 23.1 Å². The predicted octanol–water partition coefficient (Wildman–Crippen LogP) is 4.19. The Hall–Kier alpha value is -4.22. The van der Waals surface area contributed by atoms with Gasteiger partial charge in [-0.1, -0.05) is 53.4 Å². The lowest BCUT2D eigenvalue weighted by atomic mass is 9.83. The lowest BCUT2D eigenvalue weighted by molar-refractivity contribution is -0.122. The molecule has 2 aliphatic heterocycles. The Labute approximate surface area is 229 Å². The van der Waals surface area contributed by atoms with E-state index in [1.54, 1.807) is 0 Å². The van der Waals surface area contributed by atoms with Crippen LogP contribution in [0.15, 0.2) is 88.7 Å². The van der Waals surface area contributed by atoms with Gasteiger partial charge in [-0.05, 0) is 54.1 Å². The SMILES string of the molecule is O=C(Cn1c2c(sc1=O)C(c1ccccc1)C1C(=O)N(c3ccc(F)cc3)C(=O)C1S2)Nc1ccc(O)cc1. The average Bonchev–Trinajstić information content (AvgIpc) is 3.37. The summed E-state index contributed by atoms with van der Waals surface area (Å²) in [6, 6.07) is 20.3. The number of hydrogen-bond acceptors (Lipinski definition) is 7. The van der Waals surface area contributed by atoms with Crippen LogP contribution in [0.2, 0.25) is 0 Å². The molecule has 6 rings (SSSR count). The van der Waals surface area contributed by atoms with Crippen molar-refractivity contribution < 1.29 is 23.9 Å². The van der Waals surface area contributed by atoms with Crippen molar-refractivity contribution in [1.29, 1.82) is 0 Å². The van der Waals surface area contributed by atoms with E-state index in [2.05, 4.69) is 5.32 Å². The highest BCUT2D eigenvalue weighted by atomic mass is 32.2. The fourth-order valence-electron chi connectivity index (χ4n) is 5.01. The van der Waals surface area contributed by atoms with E-state index in [-0.39, 0.29) is 22.9 Å². The van der Waals surface area contributed by atoms with E-state index in [4.69, 9.17) is 0 Å². The normalized spacial score (nSPS) is 20.0. The van der Waals surface area contributed by atoms with E-state index in [1.165, 1.54) is 53.1 Å². The number of thioether (sulfide) groups is 1. The number of carbonyl (C=O) groups excluding carboxylic acids is 3. The van der Waals surface area contributed by atoms with Crippen molar-refractivity contribution in [3.05, 3.63) is 105 Å². The summed E-state index contributed by atoms with van der Waals surface area (Å²) < 4.78 is 14.9. The van der Waals surface area contributed by atoms with Crippen molar-refractivity contribution in [2.45, 2.75) is 22.7 Å². The maximum atomic E-state index is 13.8. The lowest BCUT2D eigenvalue weighted by Gasteiger charge is -2.30. The molecule has 196 valence electrons. The summed E-state index contributed by atoms with van der Waals surface area (Å²) in [5.74, 6) is -3.10. The van der Waals surface area contributed by atoms with Gasteiger partial charge >= 0.3 is 4.87 Å². The van der Waals surface area contributed by atoms with Crippen molar-refractivity contribution in [2.24, 2.45) is 5.92 Å². The Balaban J connectivity index is 1.39. The van der Waals surface area contributed by atoms with Gasteiger partial charge in [0.1, 0.15) is 23.4 Å². The van der Waals surface area contributed by atoms with E-state index < -0.39 is 40.6 Å². The number of halogens is 1. The molecule has 3 unspecified atom stereocenters. The predicted molar refractivity (Wildman–Crippen MR) is 146 cm³/mol. The molecule has 3 heterocycles. The number of phenolic OH excluding ortho intramolecular Hbond substituents is 1. The Morgan fingerprint density at radius 2 is 1.62 bits per heavy atom. The van der Waals surface area contributed by atoms with Gasteiger partial charge in [-0.3, -0.25) is 23.7 Å². The van der Waals surface area contributed by atoms with Crippen LogP contribution in [0.4, 0.5) is 15.8 Å². The number of amides is 3. The van der Waals surface area contributed by atoms with Gasteiger partial charge in [-0.2, -0.15) is 0 Å². The van der Waals surface area contributed by atoms with Crippen molar-refractivity contribution >= 4 is 52.2 Å². The largest absolute Gasteiger partial charge is 0.508 e. The Morgan fingerprint density at radius 3 is 2.31 bits per heavy atom. The Kier molecular flexibility index (Phi) is 6.32. The summed E-state index contributed by atoms with van der Waals surface area (Å²) in [5, 5.41) is 11.8. The van der Waals surface area contributed by atoms with Crippen molar-refractivity contribution in [1.82, 2.24) is 4.57 Å². The molecule has 0 spiro atoms. The molecule has 3 amide bonds. The van der Waals surface area contributed by atoms with E-state index in [9.17, 15) is 28.7 Å². The smallest absolute Gasteiger partial charge is 0.308 e. The van der Waals surface area contributed by atoms with Gasteiger partial charge in [0.15, 0.2) is 0 Å². The number of aromatic nitrogens is 1. The molecule has 1 fully saturated rings. The molecular weight excluding hydrogens is 541 g/mol. The zero-order valence-corrected chi connectivity index (χ0v) is 21.7. The van der Waals surface area contributed by atoms with Gasteiger partial charge in [-0.15, -0.1) is 0 Å². The maximum absolute atomic E-state index is 13.8. The second kappa shape index (κ2) is 9.83. The van der Waals surface area contributed by atoms with Crippen LogP contribution in [0.5, 0.6) is 5.75 Å². The third-order valence-electron chi connectivity index (χ3n) is 6.75. The molecule has 11 heteroatoms. The van der Waals surface area contributed by atoms with Gasteiger partial charge in [0.05, 0.1) is 16.6 Å². The molecule has 0 aliphatic carbocycles. The first-order valence-electron chi connectivity index (χ1n) is 12.0. The quantitative estimate of drug-likeness (QED) is 0.280. The van der Waals surface area contributed by atoms with Gasteiger partial charge in [0.2, 0.25) is 17.7 Å². The minimum Gasteiger partial charge on any atom is -0.508 e. The number of imide groups is 1. The highest BCUT2D eigenvalue weighted by Gasteiger charge is 2.56. The van der Waals surface area contributed by atoms with Crippen molar-refractivity contribution in [3.63, 3.8) is 0 Å². The minimum atomic E-state index is -0.833. The van der Waals surface area contributed by atoms with Gasteiger partial charge < -0.3 is 10.4 Å². The van der Waals surface area contributed by atoms with E-state index >= 15 is 0 Å². The zero-order valence-electron chi connectivity index (χ0n) is 20.1. The summed E-state index contributed by atoms with van der Waals surface area (Å²) in [6.07, 6.45) is 0. The van der Waals surface area contributed by atoms with Crippen molar-refractivity contribution in [3.8, 4) is 5.75 Å². The number of carbonyl (C=O) groups is 3. The van der Waals surface area contributed by atoms with Crippen LogP contribution < -0.4 is 15.1 Å². The molecule has 2 aliphatic rings. The Morgan fingerprint density at radius 1 is 0.923 bits per heavy atom. The summed E-state index contributed by atoms with van der Waals surface area (Å²) in [4.78, 5) is 54.8. The molecular formula is C28H20FN3O5S2.